The summed E-state index contributed by atoms with van der Waals surface area (Å²) in [5, 5.41) is 0. The number of hydrogen-bond acceptors (Lipinski definition) is 5. The van der Waals surface area contributed by atoms with Gasteiger partial charge in [-0.3, -0.25) is 9.29 Å². The first-order valence-electron chi connectivity index (χ1n) is 8.25. The number of sulfonamides is 1. The van der Waals surface area contributed by atoms with Gasteiger partial charge in [0.15, 0.2) is 0 Å². The van der Waals surface area contributed by atoms with Crippen molar-refractivity contribution in [3.63, 3.8) is 0 Å². The molecule has 0 bridgehead atoms. The molecule has 0 aliphatic heterocycles. The Morgan fingerprint density at radius 1 is 0.963 bits per heavy atom. The summed E-state index contributed by atoms with van der Waals surface area (Å²) >= 11 is 0. The first-order valence-corrected chi connectivity index (χ1v) is 9.69. The summed E-state index contributed by atoms with van der Waals surface area (Å²) in [5.74, 6) is 0.687. The molecule has 6 nitrogen and oxygen atoms in total. The Kier molecular flexibility index (Phi) is 5.61. The van der Waals surface area contributed by atoms with E-state index < -0.39 is 10.0 Å². The molecule has 0 radical (unpaired) electrons. The summed E-state index contributed by atoms with van der Waals surface area (Å²) in [5.41, 5.74) is 1.32. The van der Waals surface area contributed by atoms with Crippen molar-refractivity contribution in [3.8, 4) is 11.5 Å². The number of para-hydroxylation sites is 1. The van der Waals surface area contributed by atoms with Crippen molar-refractivity contribution in [1.29, 1.82) is 0 Å². The van der Waals surface area contributed by atoms with E-state index in [-0.39, 0.29) is 17.2 Å². The first kappa shape index (κ1) is 18.7. The van der Waals surface area contributed by atoms with E-state index in [2.05, 4.69) is 4.98 Å². The maximum atomic E-state index is 13.6. The molecule has 0 aliphatic rings. The first-order chi connectivity index (χ1) is 13.1. The Bertz CT molecular complexity index is 993. The quantitative estimate of drug-likeness (QED) is 0.624. The van der Waals surface area contributed by atoms with Gasteiger partial charge in [0, 0.05) is 18.5 Å². The molecule has 1 aromatic heterocycles. The molecule has 0 amide bonds. The molecule has 7 heteroatoms. The molecule has 0 spiro atoms. The van der Waals surface area contributed by atoms with Crippen molar-refractivity contribution in [2.75, 3.05) is 18.5 Å². The highest BCUT2D eigenvalue weighted by molar-refractivity contribution is 7.93. The van der Waals surface area contributed by atoms with E-state index in [1.807, 2.05) is 12.1 Å². The van der Waals surface area contributed by atoms with Gasteiger partial charge in [0.05, 0.1) is 26.5 Å². The molecule has 0 N–H and O–H groups in total. The molecule has 3 aromatic rings. The minimum atomic E-state index is -3.93. The van der Waals surface area contributed by atoms with Gasteiger partial charge in [-0.05, 0) is 35.9 Å². The smallest absolute Gasteiger partial charge is 0.268 e. The van der Waals surface area contributed by atoms with Gasteiger partial charge >= 0.3 is 0 Å². The molecule has 140 valence electrons. The molecule has 1 heterocycles. The number of ether oxygens (including phenoxy) is 2. The summed E-state index contributed by atoms with van der Waals surface area (Å²) < 4.78 is 38.9. The fourth-order valence-corrected chi connectivity index (χ4v) is 4.30. The third kappa shape index (κ3) is 4.03. The lowest BCUT2D eigenvalue weighted by Crippen LogP contribution is -2.31. The number of methoxy groups -OCH3 is 2. The fraction of sp³-hybridized carbons (Fsp3) is 0.150. The summed E-state index contributed by atoms with van der Waals surface area (Å²) in [7, 11) is -0.999. The van der Waals surface area contributed by atoms with E-state index in [9.17, 15) is 8.42 Å². The molecule has 27 heavy (non-hydrogen) atoms. The Morgan fingerprint density at radius 2 is 1.74 bits per heavy atom. The highest BCUT2D eigenvalue weighted by Gasteiger charge is 2.29. The fourth-order valence-electron chi connectivity index (χ4n) is 2.67. The lowest BCUT2D eigenvalue weighted by atomic mass is 10.2. The number of anilines is 1. The van der Waals surface area contributed by atoms with E-state index in [0.717, 1.165) is 5.56 Å². The van der Waals surface area contributed by atoms with Crippen LogP contribution in [-0.2, 0) is 16.6 Å². The van der Waals surface area contributed by atoms with Gasteiger partial charge in [-0.1, -0.05) is 24.3 Å². The van der Waals surface area contributed by atoms with Crippen molar-refractivity contribution in [2.24, 2.45) is 0 Å². The van der Waals surface area contributed by atoms with Crippen LogP contribution in [-0.4, -0.2) is 27.6 Å². The van der Waals surface area contributed by atoms with Crippen LogP contribution in [0.15, 0.2) is 78.0 Å². The predicted molar refractivity (Wildman–Crippen MR) is 104 cm³/mol. The van der Waals surface area contributed by atoms with Crippen molar-refractivity contribution in [2.45, 2.75) is 11.4 Å². The summed E-state index contributed by atoms with van der Waals surface area (Å²) in [4.78, 5) is 4.12. The van der Waals surface area contributed by atoms with E-state index in [1.54, 1.807) is 54.9 Å². The molecular formula is C20H20N2O4S. The van der Waals surface area contributed by atoms with Gasteiger partial charge in [0.25, 0.3) is 10.0 Å². The van der Waals surface area contributed by atoms with E-state index in [0.29, 0.717) is 11.4 Å². The molecule has 0 fully saturated rings. The van der Waals surface area contributed by atoms with Crippen LogP contribution in [0, 0.1) is 0 Å². The summed E-state index contributed by atoms with van der Waals surface area (Å²) in [6.07, 6.45) is 3.30. The lowest BCUT2D eigenvalue weighted by molar-refractivity contribution is 0.392. The summed E-state index contributed by atoms with van der Waals surface area (Å²) in [6, 6.07) is 17.2. The average Bonchev–Trinajstić information content (AvgIpc) is 2.72. The van der Waals surface area contributed by atoms with Crippen molar-refractivity contribution in [1.82, 2.24) is 4.98 Å². The summed E-state index contributed by atoms with van der Waals surface area (Å²) in [6.45, 7) is 0.139. The number of rotatable bonds is 7. The highest BCUT2D eigenvalue weighted by atomic mass is 32.2. The van der Waals surface area contributed by atoms with Crippen LogP contribution in [0.5, 0.6) is 11.5 Å². The zero-order chi connectivity index (χ0) is 19.3. The van der Waals surface area contributed by atoms with Crippen molar-refractivity contribution >= 4 is 15.7 Å². The van der Waals surface area contributed by atoms with Crippen molar-refractivity contribution in [3.05, 3.63) is 78.6 Å². The molecular weight excluding hydrogens is 364 g/mol. The Balaban J connectivity index is 2.13. The SMILES string of the molecule is COc1ccc(OC)c(S(=O)(=O)N(Cc2cccnc2)c2ccccc2)c1. The van der Waals surface area contributed by atoms with Crippen LogP contribution in [0.1, 0.15) is 5.56 Å². The molecule has 0 saturated carbocycles. The minimum Gasteiger partial charge on any atom is -0.497 e. The second-order valence-electron chi connectivity index (χ2n) is 5.73. The van der Waals surface area contributed by atoms with E-state index in [1.165, 1.54) is 24.6 Å². The standard InChI is InChI=1S/C20H20N2O4S/c1-25-18-10-11-19(26-2)20(13-18)27(23,24)22(17-8-4-3-5-9-17)15-16-7-6-12-21-14-16/h3-14H,15H2,1-2H3. The zero-order valence-electron chi connectivity index (χ0n) is 15.1. The number of hydrogen-bond donors (Lipinski definition) is 0. The van der Waals surface area contributed by atoms with Crippen LogP contribution in [0.25, 0.3) is 0 Å². The maximum absolute atomic E-state index is 13.6. The molecule has 0 unspecified atom stereocenters. The minimum absolute atomic E-state index is 0.0390. The number of aromatic nitrogens is 1. The van der Waals surface area contributed by atoms with Gasteiger partial charge in [-0.25, -0.2) is 8.42 Å². The van der Waals surface area contributed by atoms with Crippen LogP contribution in [0.3, 0.4) is 0 Å². The molecule has 3 rings (SSSR count). The molecule has 2 aromatic carbocycles. The van der Waals surface area contributed by atoms with Crippen LogP contribution in [0.2, 0.25) is 0 Å². The number of pyridine rings is 1. The average molecular weight is 384 g/mol. The predicted octanol–water partition coefficient (Wildman–Crippen LogP) is 3.49. The number of benzene rings is 2. The van der Waals surface area contributed by atoms with Crippen LogP contribution >= 0.6 is 0 Å². The van der Waals surface area contributed by atoms with Crippen LogP contribution < -0.4 is 13.8 Å². The van der Waals surface area contributed by atoms with Gasteiger partial charge in [0.1, 0.15) is 16.4 Å². The Morgan fingerprint density at radius 3 is 2.37 bits per heavy atom. The molecule has 0 saturated heterocycles. The highest BCUT2D eigenvalue weighted by Crippen LogP contribution is 2.33. The monoisotopic (exact) mass is 384 g/mol. The van der Waals surface area contributed by atoms with Gasteiger partial charge in [-0.2, -0.15) is 0 Å². The molecule has 0 aliphatic carbocycles. The third-order valence-electron chi connectivity index (χ3n) is 4.03. The third-order valence-corrected chi connectivity index (χ3v) is 5.83. The molecule has 0 atom stereocenters. The lowest BCUT2D eigenvalue weighted by Gasteiger charge is -2.25. The van der Waals surface area contributed by atoms with Crippen LogP contribution in [0.4, 0.5) is 5.69 Å². The second-order valence-corrected chi connectivity index (χ2v) is 7.56. The van der Waals surface area contributed by atoms with Gasteiger partial charge < -0.3 is 9.47 Å². The second kappa shape index (κ2) is 8.09. The maximum Gasteiger partial charge on any atom is 0.268 e. The number of nitrogens with zero attached hydrogens (tertiary/aromatic N) is 2. The van der Waals surface area contributed by atoms with Gasteiger partial charge in [0.2, 0.25) is 0 Å². The van der Waals surface area contributed by atoms with E-state index >= 15 is 0 Å². The van der Waals surface area contributed by atoms with Crippen molar-refractivity contribution < 1.29 is 17.9 Å². The normalized spacial score (nSPS) is 11.0. The Labute approximate surface area is 159 Å². The van der Waals surface area contributed by atoms with E-state index in [4.69, 9.17) is 9.47 Å². The zero-order valence-corrected chi connectivity index (χ0v) is 15.9. The van der Waals surface area contributed by atoms with Gasteiger partial charge in [-0.15, -0.1) is 0 Å². The topological polar surface area (TPSA) is 68.7 Å². The Hall–Kier alpha value is -3.06. The largest absolute Gasteiger partial charge is 0.497 e.